The molecule has 27 heavy (non-hydrogen) atoms. The summed E-state index contributed by atoms with van der Waals surface area (Å²) in [5.41, 5.74) is 2.59. The molecule has 0 radical (unpaired) electrons. The Hall–Kier alpha value is -2.53. The predicted molar refractivity (Wildman–Crippen MR) is 112 cm³/mol. The fraction of sp³-hybridized carbons (Fsp3) is 0.333. The number of carbonyl (C=O) groups is 2. The fourth-order valence-corrected chi connectivity index (χ4v) is 2.86. The van der Waals surface area contributed by atoms with Gasteiger partial charge in [0.15, 0.2) is 0 Å². The number of nitrogens with zero attached hydrogens (tertiary/aromatic N) is 2. The number of amides is 2. The van der Waals surface area contributed by atoms with Crippen LogP contribution < -0.4 is 10.2 Å². The van der Waals surface area contributed by atoms with E-state index < -0.39 is 0 Å². The molecule has 2 aromatic carbocycles. The molecule has 0 heterocycles. The monoisotopic (exact) mass is 387 g/mol. The third-order valence-corrected chi connectivity index (χ3v) is 4.59. The second-order valence-corrected chi connectivity index (χ2v) is 7.08. The Bertz CT molecular complexity index is 804. The standard InChI is InChI=1S/C21H26ClN3O2/c1-5-6-13-25(4)17-10-7-15(8-11-17)20(26)23-16-9-12-18(19(22)14-16)21(27)24(2)3/h7-12,14H,5-6,13H2,1-4H3,(H,23,26). The highest BCUT2D eigenvalue weighted by molar-refractivity contribution is 6.34. The molecule has 0 aliphatic heterocycles. The maximum absolute atomic E-state index is 12.5. The number of hydrogen-bond donors (Lipinski definition) is 1. The first-order valence-corrected chi connectivity index (χ1v) is 9.35. The van der Waals surface area contributed by atoms with Gasteiger partial charge < -0.3 is 15.1 Å². The summed E-state index contributed by atoms with van der Waals surface area (Å²) in [6.45, 7) is 3.15. The highest BCUT2D eigenvalue weighted by atomic mass is 35.5. The molecule has 0 aliphatic carbocycles. The van der Waals surface area contributed by atoms with Gasteiger partial charge in [-0.05, 0) is 48.9 Å². The second kappa shape index (κ2) is 9.42. The van der Waals surface area contributed by atoms with Gasteiger partial charge in [0.05, 0.1) is 10.6 Å². The lowest BCUT2D eigenvalue weighted by molar-refractivity contribution is 0.0827. The summed E-state index contributed by atoms with van der Waals surface area (Å²) < 4.78 is 0. The highest BCUT2D eigenvalue weighted by Gasteiger charge is 2.14. The number of anilines is 2. The van der Waals surface area contributed by atoms with E-state index in [0.29, 0.717) is 21.8 Å². The van der Waals surface area contributed by atoms with Crippen molar-refractivity contribution < 1.29 is 9.59 Å². The SMILES string of the molecule is CCCCN(C)c1ccc(C(=O)Nc2ccc(C(=O)N(C)C)c(Cl)c2)cc1. The van der Waals surface area contributed by atoms with Crippen molar-refractivity contribution >= 4 is 34.8 Å². The molecule has 144 valence electrons. The molecule has 1 N–H and O–H groups in total. The van der Waals surface area contributed by atoms with Crippen LogP contribution in [0.5, 0.6) is 0 Å². The number of carbonyl (C=O) groups excluding carboxylic acids is 2. The minimum Gasteiger partial charge on any atom is -0.375 e. The fourth-order valence-electron chi connectivity index (χ4n) is 2.60. The van der Waals surface area contributed by atoms with Crippen molar-refractivity contribution in [2.24, 2.45) is 0 Å². The van der Waals surface area contributed by atoms with Crippen molar-refractivity contribution in [2.45, 2.75) is 19.8 Å². The Balaban J connectivity index is 2.06. The molecule has 0 spiro atoms. The summed E-state index contributed by atoms with van der Waals surface area (Å²) in [5.74, 6) is -0.402. The first-order valence-electron chi connectivity index (χ1n) is 8.97. The molecular formula is C21H26ClN3O2. The van der Waals surface area contributed by atoms with Crippen LogP contribution in [-0.2, 0) is 0 Å². The highest BCUT2D eigenvalue weighted by Crippen LogP contribution is 2.23. The Labute approximate surface area is 165 Å². The lowest BCUT2D eigenvalue weighted by Gasteiger charge is -2.19. The van der Waals surface area contributed by atoms with Gasteiger partial charge in [0, 0.05) is 44.6 Å². The van der Waals surface area contributed by atoms with Gasteiger partial charge in [-0.25, -0.2) is 0 Å². The molecule has 2 amide bonds. The summed E-state index contributed by atoms with van der Waals surface area (Å²) in [4.78, 5) is 28.1. The van der Waals surface area contributed by atoms with E-state index in [0.717, 1.165) is 25.1 Å². The smallest absolute Gasteiger partial charge is 0.255 e. The Morgan fingerprint density at radius 2 is 1.70 bits per heavy atom. The van der Waals surface area contributed by atoms with Crippen LogP contribution in [0.25, 0.3) is 0 Å². The van der Waals surface area contributed by atoms with E-state index in [2.05, 4.69) is 17.1 Å². The molecule has 0 bridgehead atoms. The van der Waals surface area contributed by atoms with Crippen molar-refractivity contribution in [3.63, 3.8) is 0 Å². The molecule has 6 heteroatoms. The average molecular weight is 388 g/mol. The molecule has 0 fully saturated rings. The van der Waals surface area contributed by atoms with E-state index >= 15 is 0 Å². The van der Waals surface area contributed by atoms with Crippen LogP contribution in [0.1, 0.15) is 40.5 Å². The van der Waals surface area contributed by atoms with E-state index in [1.165, 1.54) is 4.90 Å². The Kier molecular flexibility index (Phi) is 7.25. The van der Waals surface area contributed by atoms with Gasteiger partial charge in [0.2, 0.25) is 0 Å². The van der Waals surface area contributed by atoms with Gasteiger partial charge in [-0.15, -0.1) is 0 Å². The molecule has 0 saturated heterocycles. The molecule has 0 aliphatic rings. The van der Waals surface area contributed by atoms with Crippen LogP contribution in [0, 0.1) is 0 Å². The predicted octanol–water partition coefficient (Wildman–Crippen LogP) is 4.53. The lowest BCUT2D eigenvalue weighted by Crippen LogP contribution is -2.22. The Morgan fingerprint density at radius 1 is 1.04 bits per heavy atom. The summed E-state index contributed by atoms with van der Waals surface area (Å²) >= 11 is 6.19. The van der Waals surface area contributed by atoms with Crippen LogP contribution in [0.3, 0.4) is 0 Å². The summed E-state index contributed by atoms with van der Waals surface area (Å²) in [6, 6.07) is 12.4. The number of hydrogen-bond acceptors (Lipinski definition) is 3. The number of nitrogens with one attached hydrogen (secondary N) is 1. The quantitative estimate of drug-likeness (QED) is 0.759. The van der Waals surface area contributed by atoms with E-state index in [4.69, 9.17) is 11.6 Å². The molecular weight excluding hydrogens is 362 g/mol. The normalized spacial score (nSPS) is 10.4. The third kappa shape index (κ3) is 5.47. The second-order valence-electron chi connectivity index (χ2n) is 6.67. The maximum Gasteiger partial charge on any atom is 0.255 e. The van der Waals surface area contributed by atoms with E-state index in [-0.39, 0.29) is 11.8 Å². The van der Waals surface area contributed by atoms with Gasteiger partial charge >= 0.3 is 0 Å². The number of unbranched alkanes of at least 4 members (excludes halogenated alkanes) is 1. The molecule has 0 aromatic heterocycles. The van der Waals surface area contributed by atoms with Gasteiger partial charge in [-0.3, -0.25) is 9.59 Å². The minimum atomic E-state index is -0.222. The van der Waals surface area contributed by atoms with Gasteiger partial charge in [0.25, 0.3) is 11.8 Å². The lowest BCUT2D eigenvalue weighted by atomic mass is 10.1. The zero-order valence-electron chi connectivity index (χ0n) is 16.3. The topological polar surface area (TPSA) is 52.7 Å². The molecule has 0 atom stereocenters. The zero-order chi connectivity index (χ0) is 20.0. The van der Waals surface area contributed by atoms with Crippen LogP contribution in [0.2, 0.25) is 5.02 Å². The van der Waals surface area contributed by atoms with Crippen LogP contribution in [-0.4, -0.2) is 44.4 Å². The Morgan fingerprint density at radius 3 is 2.26 bits per heavy atom. The molecule has 0 unspecified atom stereocenters. The molecule has 5 nitrogen and oxygen atoms in total. The average Bonchev–Trinajstić information content (AvgIpc) is 2.65. The van der Waals surface area contributed by atoms with E-state index in [1.54, 1.807) is 44.4 Å². The van der Waals surface area contributed by atoms with Crippen LogP contribution >= 0.6 is 11.6 Å². The molecule has 2 rings (SSSR count). The van der Waals surface area contributed by atoms with Crippen molar-refractivity contribution in [2.75, 3.05) is 37.9 Å². The molecule has 0 saturated carbocycles. The summed E-state index contributed by atoms with van der Waals surface area (Å²) in [5, 5.41) is 3.12. The van der Waals surface area contributed by atoms with Gasteiger partial charge in [-0.1, -0.05) is 24.9 Å². The largest absolute Gasteiger partial charge is 0.375 e. The number of benzene rings is 2. The van der Waals surface area contributed by atoms with Crippen molar-refractivity contribution in [1.82, 2.24) is 4.90 Å². The summed E-state index contributed by atoms with van der Waals surface area (Å²) in [6.07, 6.45) is 2.28. The summed E-state index contributed by atoms with van der Waals surface area (Å²) in [7, 11) is 5.37. The van der Waals surface area contributed by atoms with Gasteiger partial charge in [-0.2, -0.15) is 0 Å². The van der Waals surface area contributed by atoms with E-state index in [1.807, 2.05) is 19.2 Å². The van der Waals surface area contributed by atoms with Crippen LogP contribution in [0.4, 0.5) is 11.4 Å². The van der Waals surface area contributed by atoms with E-state index in [9.17, 15) is 9.59 Å². The maximum atomic E-state index is 12.5. The molecule has 2 aromatic rings. The number of halogens is 1. The first kappa shape index (κ1) is 20.8. The van der Waals surface area contributed by atoms with Crippen molar-refractivity contribution in [3.8, 4) is 0 Å². The minimum absolute atomic E-state index is 0.180. The third-order valence-electron chi connectivity index (χ3n) is 4.28. The first-order chi connectivity index (χ1) is 12.8. The number of rotatable bonds is 7. The zero-order valence-corrected chi connectivity index (χ0v) is 17.0. The van der Waals surface area contributed by atoms with Crippen LogP contribution in [0.15, 0.2) is 42.5 Å². The van der Waals surface area contributed by atoms with Gasteiger partial charge in [0.1, 0.15) is 0 Å². The van der Waals surface area contributed by atoms with Crippen molar-refractivity contribution in [3.05, 3.63) is 58.6 Å². The van der Waals surface area contributed by atoms with Crippen molar-refractivity contribution in [1.29, 1.82) is 0 Å².